The number of hydrogen-bond donors (Lipinski definition) is 2. The minimum Gasteiger partial charge on any atom is -0.370 e. The van der Waals surface area contributed by atoms with Gasteiger partial charge in [0.05, 0.1) is 0 Å². The van der Waals surface area contributed by atoms with Gasteiger partial charge in [0, 0.05) is 24.1 Å². The minimum absolute atomic E-state index is 0.0322. The third-order valence-corrected chi connectivity index (χ3v) is 3.54. The van der Waals surface area contributed by atoms with Crippen molar-refractivity contribution in [1.29, 1.82) is 0 Å². The number of nitrogens with zero attached hydrogens (tertiary/aromatic N) is 2. The predicted octanol–water partition coefficient (Wildman–Crippen LogP) is 3.42. The van der Waals surface area contributed by atoms with Crippen molar-refractivity contribution in [3.8, 4) is 0 Å². The molecule has 4 nitrogen and oxygen atoms in total. The van der Waals surface area contributed by atoms with Crippen molar-refractivity contribution in [3.63, 3.8) is 0 Å². The van der Waals surface area contributed by atoms with Gasteiger partial charge >= 0.3 is 0 Å². The average molecular weight is 262 g/mol. The highest BCUT2D eigenvalue weighted by Gasteiger charge is 2.35. The zero-order valence-corrected chi connectivity index (χ0v) is 12.7. The van der Waals surface area contributed by atoms with Gasteiger partial charge < -0.3 is 10.6 Å². The minimum atomic E-state index is -0.0322. The maximum Gasteiger partial charge on any atom is 0.138 e. The van der Waals surface area contributed by atoms with Crippen molar-refractivity contribution >= 4 is 11.6 Å². The van der Waals surface area contributed by atoms with Crippen molar-refractivity contribution < 1.29 is 0 Å². The van der Waals surface area contributed by atoms with Gasteiger partial charge in [0.15, 0.2) is 0 Å². The Bertz CT molecular complexity index is 436. The molecule has 2 N–H and O–H groups in total. The molecule has 2 unspecified atom stereocenters. The first-order valence-electron chi connectivity index (χ1n) is 7.34. The van der Waals surface area contributed by atoms with Crippen LogP contribution in [-0.2, 0) is 5.41 Å². The molecule has 0 radical (unpaired) electrons. The van der Waals surface area contributed by atoms with Crippen molar-refractivity contribution in [3.05, 3.63) is 11.9 Å². The SMILES string of the molecule is CCNc1cc(NC2CC2CC)nc(C(C)(C)C)n1. The Hall–Kier alpha value is -1.32. The Labute approximate surface area is 116 Å². The molecule has 1 aliphatic rings. The van der Waals surface area contributed by atoms with E-state index in [4.69, 9.17) is 0 Å². The monoisotopic (exact) mass is 262 g/mol. The Balaban J connectivity index is 2.19. The Morgan fingerprint density at radius 3 is 2.42 bits per heavy atom. The molecule has 0 aromatic carbocycles. The van der Waals surface area contributed by atoms with Crippen molar-refractivity contribution in [2.24, 2.45) is 5.92 Å². The molecule has 4 heteroatoms. The number of hydrogen-bond acceptors (Lipinski definition) is 4. The zero-order chi connectivity index (χ0) is 14.0. The van der Waals surface area contributed by atoms with Crippen LogP contribution < -0.4 is 10.6 Å². The van der Waals surface area contributed by atoms with E-state index in [0.717, 1.165) is 29.9 Å². The summed E-state index contributed by atoms with van der Waals surface area (Å²) in [5.74, 6) is 3.58. The molecule has 0 bridgehead atoms. The van der Waals surface area contributed by atoms with E-state index in [1.807, 2.05) is 6.07 Å². The van der Waals surface area contributed by atoms with Crippen LogP contribution in [0.2, 0.25) is 0 Å². The van der Waals surface area contributed by atoms with Crippen LogP contribution in [0, 0.1) is 5.92 Å². The Kier molecular flexibility index (Phi) is 3.97. The fourth-order valence-corrected chi connectivity index (χ4v) is 2.19. The molecule has 1 aliphatic carbocycles. The normalized spacial score (nSPS) is 22.2. The van der Waals surface area contributed by atoms with Crippen molar-refractivity contribution in [2.45, 2.75) is 58.9 Å². The van der Waals surface area contributed by atoms with Crippen LogP contribution >= 0.6 is 0 Å². The van der Waals surface area contributed by atoms with Crippen molar-refractivity contribution in [1.82, 2.24) is 9.97 Å². The first-order chi connectivity index (χ1) is 8.94. The second-order valence-electron chi connectivity index (χ2n) is 6.40. The van der Waals surface area contributed by atoms with Crippen LogP contribution in [0.1, 0.15) is 53.3 Å². The summed E-state index contributed by atoms with van der Waals surface area (Å²) in [5.41, 5.74) is -0.0322. The lowest BCUT2D eigenvalue weighted by atomic mass is 9.96. The van der Waals surface area contributed by atoms with Gasteiger partial charge in [0.1, 0.15) is 17.5 Å². The summed E-state index contributed by atoms with van der Waals surface area (Å²) >= 11 is 0. The summed E-state index contributed by atoms with van der Waals surface area (Å²) in [6.07, 6.45) is 2.51. The van der Waals surface area contributed by atoms with Crippen molar-refractivity contribution in [2.75, 3.05) is 17.2 Å². The highest BCUT2D eigenvalue weighted by Crippen LogP contribution is 2.36. The third-order valence-electron chi connectivity index (χ3n) is 3.54. The van der Waals surface area contributed by atoms with Crippen LogP contribution in [0.15, 0.2) is 6.07 Å². The van der Waals surface area contributed by atoms with E-state index < -0.39 is 0 Å². The summed E-state index contributed by atoms with van der Waals surface area (Å²) in [5, 5.41) is 6.83. The largest absolute Gasteiger partial charge is 0.370 e. The van der Waals surface area contributed by atoms with E-state index in [9.17, 15) is 0 Å². The highest BCUT2D eigenvalue weighted by molar-refractivity contribution is 5.49. The second kappa shape index (κ2) is 5.35. The third kappa shape index (κ3) is 3.58. The Morgan fingerprint density at radius 2 is 1.89 bits per heavy atom. The van der Waals surface area contributed by atoms with Crippen LogP contribution in [0.25, 0.3) is 0 Å². The van der Waals surface area contributed by atoms with E-state index in [2.05, 4.69) is 55.2 Å². The summed E-state index contributed by atoms with van der Waals surface area (Å²) in [6, 6.07) is 2.62. The average Bonchev–Trinajstić information content (AvgIpc) is 3.06. The molecule has 0 spiro atoms. The maximum absolute atomic E-state index is 4.67. The number of anilines is 2. The standard InChI is InChI=1S/C15H26N4/c1-6-10-8-11(10)17-13-9-12(16-7-2)18-14(19-13)15(3,4)5/h9-11H,6-8H2,1-5H3,(H2,16,17,18,19). The fraction of sp³-hybridized carbons (Fsp3) is 0.733. The molecular weight excluding hydrogens is 236 g/mol. The van der Waals surface area contributed by atoms with Gasteiger partial charge in [-0.2, -0.15) is 0 Å². The first-order valence-corrected chi connectivity index (χ1v) is 7.34. The Morgan fingerprint density at radius 1 is 1.21 bits per heavy atom. The second-order valence-corrected chi connectivity index (χ2v) is 6.40. The predicted molar refractivity (Wildman–Crippen MR) is 80.7 cm³/mol. The molecular formula is C15H26N4. The molecule has 2 rings (SSSR count). The number of aromatic nitrogens is 2. The zero-order valence-electron chi connectivity index (χ0n) is 12.7. The smallest absolute Gasteiger partial charge is 0.138 e. The molecule has 0 saturated heterocycles. The van der Waals surface area contributed by atoms with Gasteiger partial charge in [-0.25, -0.2) is 9.97 Å². The van der Waals surface area contributed by atoms with E-state index >= 15 is 0 Å². The van der Waals surface area contributed by atoms with E-state index in [1.165, 1.54) is 12.8 Å². The molecule has 19 heavy (non-hydrogen) atoms. The molecule has 1 saturated carbocycles. The van der Waals surface area contributed by atoms with Gasteiger partial charge in [-0.1, -0.05) is 34.1 Å². The summed E-state index contributed by atoms with van der Waals surface area (Å²) in [4.78, 5) is 9.27. The topological polar surface area (TPSA) is 49.8 Å². The molecule has 1 heterocycles. The van der Waals surface area contributed by atoms with E-state index in [-0.39, 0.29) is 5.41 Å². The highest BCUT2D eigenvalue weighted by atomic mass is 15.1. The van der Waals surface area contributed by atoms with Crippen LogP contribution in [-0.4, -0.2) is 22.6 Å². The van der Waals surface area contributed by atoms with Gasteiger partial charge in [0.25, 0.3) is 0 Å². The molecule has 0 aliphatic heterocycles. The van der Waals surface area contributed by atoms with Crippen LogP contribution in [0.4, 0.5) is 11.6 Å². The molecule has 1 aromatic rings. The number of rotatable bonds is 5. The summed E-state index contributed by atoms with van der Waals surface area (Å²) in [6.45, 7) is 11.6. The van der Waals surface area contributed by atoms with Gasteiger partial charge in [-0.05, 0) is 19.3 Å². The fourth-order valence-electron chi connectivity index (χ4n) is 2.19. The molecule has 2 atom stereocenters. The van der Waals surface area contributed by atoms with E-state index in [0.29, 0.717) is 6.04 Å². The summed E-state index contributed by atoms with van der Waals surface area (Å²) in [7, 11) is 0. The quantitative estimate of drug-likeness (QED) is 0.853. The lowest BCUT2D eigenvalue weighted by Gasteiger charge is -2.19. The molecule has 1 aromatic heterocycles. The lowest BCUT2D eigenvalue weighted by Crippen LogP contribution is -2.19. The van der Waals surface area contributed by atoms with Gasteiger partial charge in [-0.15, -0.1) is 0 Å². The maximum atomic E-state index is 4.67. The molecule has 106 valence electrons. The van der Waals surface area contributed by atoms with E-state index in [1.54, 1.807) is 0 Å². The lowest BCUT2D eigenvalue weighted by molar-refractivity contribution is 0.546. The molecule has 1 fully saturated rings. The first kappa shape index (κ1) is 14.1. The van der Waals surface area contributed by atoms with Gasteiger partial charge in [0.2, 0.25) is 0 Å². The summed E-state index contributed by atoms with van der Waals surface area (Å²) < 4.78 is 0. The van der Waals surface area contributed by atoms with Crippen LogP contribution in [0.3, 0.4) is 0 Å². The number of nitrogens with one attached hydrogen (secondary N) is 2. The van der Waals surface area contributed by atoms with Gasteiger partial charge in [-0.3, -0.25) is 0 Å². The molecule has 0 amide bonds. The van der Waals surface area contributed by atoms with Crippen LogP contribution in [0.5, 0.6) is 0 Å².